The lowest BCUT2D eigenvalue weighted by Crippen LogP contribution is -2.48. The summed E-state index contributed by atoms with van der Waals surface area (Å²) < 4.78 is 59.7. The van der Waals surface area contributed by atoms with Crippen LogP contribution in [0.1, 0.15) is 253 Å². The maximum absolute atomic E-state index is 14.4. The molecule has 0 bridgehead atoms. The van der Waals surface area contributed by atoms with E-state index in [-0.39, 0.29) is 50.2 Å². The van der Waals surface area contributed by atoms with Crippen molar-refractivity contribution >= 4 is 44.3 Å². The van der Waals surface area contributed by atoms with Crippen LogP contribution in [-0.4, -0.2) is 96.3 Å². The highest BCUT2D eigenvalue weighted by molar-refractivity contribution is 7.47. The highest BCUT2D eigenvalue weighted by Crippen LogP contribution is 2.43. The van der Waals surface area contributed by atoms with Crippen LogP contribution < -0.4 is 16.1 Å². The van der Waals surface area contributed by atoms with Crippen molar-refractivity contribution in [3.05, 3.63) is 29.6 Å². The molecule has 1 aromatic rings. The predicted molar refractivity (Wildman–Crippen MR) is 298 cm³/mol. The van der Waals surface area contributed by atoms with Gasteiger partial charge < -0.3 is 44.5 Å². The molecule has 0 aliphatic heterocycles. The molecule has 16 nitrogen and oxygen atoms in total. The van der Waals surface area contributed by atoms with E-state index in [1.54, 1.807) is 13.8 Å². The number of amides is 2. The summed E-state index contributed by atoms with van der Waals surface area (Å²) in [4.78, 5) is 61.6. The lowest BCUT2D eigenvalue weighted by molar-refractivity contribution is -0.161. The summed E-state index contributed by atoms with van der Waals surface area (Å²) in [5.41, 5.74) is -2.60. The number of hydrogen-bond donors (Lipinski definition) is 5. The highest BCUT2D eigenvalue weighted by atomic mass is 31.2. The summed E-state index contributed by atoms with van der Waals surface area (Å²) >= 11 is 0. The molecule has 0 aliphatic carbocycles. The number of carbonyl (C=O) groups excluding carboxylic acids is 4. The van der Waals surface area contributed by atoms with Gasteiger partial charge in [-0.2, -0.15) is 0 Å². The molecule has 0 saturated heterocycles. The third kappa shape index (κ3) is 39.3. The van der Waals surface area contributed by atoms with Crippen LogP contribution in [0.3, 0.4) is 0 Å². The number of benzene rings is 1. The number of phosphoric ester groups is 1. The van der Waals surface area contributed by atoms with Crippen LogP contribution >= 0.6 is 7.82 Å². The van der Waals surface area contributed by atoms with Crippen molar-refractivity contribution in [3.63, 3.8) is 0 Å². The molecular weight excluding hydrogens is 997 g/mol. The molecule has 440 valence electrons. The van der Waals surface area contributed by atoms with E-state index < -0.39 is 75.2 Å². The molecule has 0 spiro atoms. The molecule has 2 atom stereocenters. The molecule has 2 unspecified atom stereocenters. The monoisotopic (exact) mass is 1100 g/mol. The van der Waals surface area contributed by atoms with Crippen LogP contribution in [0.4, 0.5) is 9.18 Å². The minimum Gasteiger partial charge on any atom is -0.462 e. The number of ether oxygens (including phenoxy) is 4. The quantitative estimate of drug-likeness (QED) is 0.0135. The number of nitrogens with one attached hydrogen (secondary N) is 2. The second kappa shape index (κ2) is 43.7. The van der Waals surface area contributed by atoms with E-state index in [1.807, 2.05) is 0 Å². The molecule has 0 heterocycles. The fourth-order valence-electron chi connectivity index (χ4n) is 8.42. The zero-order valence-corrected chi connectivity index (χ0v) is 48.8. The first-order chi connectivity index (χ1) is 36.3. The van der Waals surface area contributed by atoms with Crippen molar-refractivity contribution in [1.82, 2.24) is 10.6 Å². The molecule has 0 saturated carbocycles. The topological polar surface area (TPSA) is 225 Å². The van der Waals surface area contributed by atoms with E-state index in [4.69, 9.17) is 28.0 Å². The van der Waals surface area contributed by atoms with Gasteiger partial charge in [0.2, 0.25) is 0 Å². The third-order valence-corrected chi connectivity index (χ3v) is 14.2. The molecule has 1 rings (SSSR count). The van der Waals surface area contributed by atoms with Gasteiger partial charge >= 0.3 is 33.0 Å². The van der Waals surface area contributed by atoms with Crippen molar-refractivity contribution in [2.45, 2.75) is 271 Å². The first-order valence-electron chi connectivity index (χ1n) is 29.3. The average Bonchev–Trinajstić information content (AvgIpc) is 3.37. The Bertz CT molecular complexity index is 1740. The highest BCUT2D eigenvalue weighted by Gasteiger charge is 2.34. The molecule has 0 radical (unpaired) electrons. The Labute approximate surface area is 457 Å². The summed E-state index contributed by atoms with van der Waals surface area (Å²) in [7, 11) is -6.57. The van der Waals surface area contributed by atoms with E-state index in [0.29, 0.717) is 12.8 Å². The van der Waals surface area contributed by atoms with Gasteiger partial charge in [-0.25, -0.2) is 13.8 Å². The number of carbonyl (C=O) groups is 4. The zero-order chi connectivity index (χ0) is 56.3. The summed E-state index contributed by atoms with van der Waals surface area (Å²) in [5.74, 6) is -2.30. The Kier molecular flexibility index (Phi) is 40.8. The van der Waals surface area contributed by atoms with Gasteiger partial charge in [0.05, 0.1) is 19.8 Å². The van der Waals surface area contributed by atoms with Crippen molar-refractivity contribution in [1.29, 1.82) is 0 Å². The standard InChI is InChI=1S/C57H103BFN2O14P/c1-7-9-11-13-15-17-19-21-23-25-27-29-31-33-35-37-52(62)70-45-50(74-53(63)38-36-34-32-30-28-26-24-22-20-18-16-14-12-10-8-2)46-73-76(68,69)72-42-41-60-55(65)75-56(3,4)47-71-57(5,6)54(64)61-44-48-39-40-49(58(66)67)43-51(48)59/h39-40,43,50,66-67H,7-38,41-42,44-47H2,1-6H3,(H,60,65)(H,61,64)(H,68,69). The van der Waals surface area contributed by atoms with E-state index in [1.165, 1.54) is 167 Å². The van der Waals surface area contributed by atoms with E-state index in [9.17, 15) is 43.1 Å². The van der Waals surface area contributed by atoms with E-state index in [2.05, 4.69) is 24.5 Å². The van der Waals surface area contributed by atoms with Crippen LogP contribution in [0.5, 0.6) is 0 Å². The molecule has 5 N–H and O–H groups in total. The lowest BCUT2D eigenvalue weighted by atomic mass is 9.80. The lowest BCUT2D eigenvalue weighted by Gasteiger charge is -2.31. The Morgan fingerprint density at radius 2 is 1.08 bits per heavy atom. The minimum absolute atomic E-state index is 0.0329. The molecular formula is C57H103BFN2O14P. The summed E-state index contributed by atoms with van der Waals surface area (Å²) in [6.45, 7) is 8.45. The predicted octanol–water partition coefficient (Wildman–Crippen LogP) is 12.5. The summed E-state index contributed by atoms with van der Waals surface area (Å²) in [5, 5.41) is 23.5. The Morgan fingerprint density at radius 3 is 1.53 bits per heavy atom. The number of esters is 2. The largest absolute Gasteiger partial charge is 0.488 e. The van der Waals surface area contributed by atoms with Crippen molar-refractivity contribution in [2.24, 2.45) is 0 Å². The summed E-state index contributed by atoms with van der Waals surface area (Å²) in [6.07, 6.45) is 34.3. The first-order valence-corrected chi connectivity index (χ1v) is 30.8. The molecule has 76 heavy (non-hydrogen) atoms. The maximum atomic E-state index is 14.4. The number of phosphoric acid groups is 1. The molecule has 2 amide bonds. The minimum atomic E-state index is -4.73. The number of alkyl carbamates (subject to hydrolysis) is 1. The van der Waals surface area contributed by atoms with Gasteiger partial charge in [-0.1, -0.05) is 206 Å². The van der Waals surface area contributed by atoms with Crippen molar-refractivity contribution in [2.75, 3.05) is 33.0 Å². The van der Waals surface area contributed by atoms with Gasteiger partial charge in [-0.3, -0.25) is 23.4 Å². The van der Waals surface area contributed by atoms with Crippen LogP contribution in [0.15, 0.2) is 18.2 Å². The zero-order valence-electron chi connectivity index (χ0n) is 47.9. The van der Waals surface area contributed by atoms with Gasteiger partial charge in [0.25, 0.3) is 5.91 Å². The second-order valence-corrected chi connectivity index (χ2v) is 23.0. The smallest absolute Gasteiger partial charge is 0.462 e. The SMILES string of the molecule is CCCCCCCCCCCCCCCCCC(=O)OCC(COP(=O)(O)OCCNC(=O)OC(C)(C)COC(C)(C)C(=O)NCc1ccc(B(O)O)cc1F)OC(=O)CCCCCCCCCCCCCCCCC. The van der Waals surface area contributed by atoms with Gasteiger partial charge in [-0.15, -0.1) is 0 Å². The molecule has 19 heteroatoms. The Morgan fingerprint density at radius 1 is 0.632 bits per heavy atom. The Hall–Kier alpha value is -3.12. The number of rotatable bonds is 50. The molecule has 0 aromatic heterocycles. The van der Waals surface area contributed by atoms with Gasteiger partial charge in [-0.05, 0) is 52.1 Å². The number of hydrogen-bond acceptors (Lipinski definition) is 13. The van der Waals surface area contributed by atoms with Gasteiger partial charge in [0, 0.05) is 31.5 Å². The van der Waals surface area contributed by atoms with Gasteiger partial charge in [0.15, 0.2) is 6.10 Å². The second-order valence-electron chi connectivity index (χ2n) is 21.6. The maximum Gasteiger partial charge on any atom is 0.488 e. The van der Waals surface area contributed by atoms with Crippen LogP contribution in [0, 0.1) is 5.82 Å². The van der Waals surface area contributed by atoms with Crippen molar-refractivity contribution in [3.8, 4) is 0 Å². The summed E-state index contributed by atoms with van der Waals surface area (Å²) in [6, 6.07) is 3.61. The normalized spacial score (nSPS) is 13.0. The number of halogens is 1. The van der Waals surface area contributed by atoms with Crippen LogP contribution in [0.2, 0.25) is 0 Å². The number of unbranched alkanes of at least 4 members (excludes halogenated alkanes) is 28. The molecule has 0 aliphatic rings. The fraction of sp³-hybridized carbons (Fsp3) is 0.825. The molecule has 1 aromatic carbocycles. The Balaban J connectivity index is 2.53. The molecule has 0 fully saturated rings. The van der Waals surface area contributed by atoms with E-state index in [0.717, 1.165) is 44.6 Å². The third-order valence-electron chi connectivity index (χ3n) is 13.3. The first kappa shape index (κ1) is 70.9. The van der Waals surface area contributed by atoms with Gasteiger partial charge in [0.1, 0.15) is 23.6 Å². The van der Waals surface area contributed by atoms with E-state index >= 15 is 0 Å². The fourth-order valence-corrected chi connectivity index (χ4v) is 9.17. The van der Waals surface area contributed by atoms with Crippen molar-refractivity contribution < 1.29 is 71.1 Å². The van der Waals surface area contributed by atoms with Crippen LogP contribution in [-0.2, 0) is 53.5 Å². The van der Waals surface area contributed by atoms with Crippen LogP contribution in [0.25, 0.3) is 0 Å². The average molecular weight is 1100 g/mol.